The zero-order valence-corrected chi connectivity index (χ0v) is 31.0. The normalized spacial score (nSPS) is 52.0. The van der Waals surface area contributed by atoms with E-state index in [-0.39, 0.29) is 53.5 Å². The lowest BCUT2D eigenvalue weighted by Gasteiger charge is -2.64. The van der Waals surface area contributed by atoms with Crippen LogP contribution in [0.25, 0.3) is 0 Å². The van der Waals surface area contributed by atoms with E-state index in [1.807, 2.05) is 20.8 Å². The van der Waals surface area contributed by atoms with Crippen LogP contribution >= 0.6 is 0 Å². The predicted molar refractivity (Wildman–Crippen MR) is 181 cm³/mol. The number of hydrogen-bond acceptors (Lipinski definition) is 8. The van der Waals surface area contributed by atoms with E-state index in [9.17, 15) is 15.3 Å². The number of hydrogen-bond donors (Lipinski definition) is 3. The minimum Gasteiger partial charge on any atom is -0.395 e. The van der Waals surface area contributed by atoms with Gasteiger partial charge in [-0.3, -0.25) is 4.90 Å². The fourth-order valence-corrected chi connectivity index (χ4v) is 14.1. The predicted octanol–water partition coefficient (Wildman–Crippen LogP) is 5.40. The maximum atomic E-state index is 12.6. The van der Waals surface area contributed by atoms with Gasteiger partial charge in [0.1, 0.15) is 6.10 Å². The van der Waals surface area contributed by atoms with Crippen LogP contribution in [0.5, 0.6) is 0 Å². The van der Waals surface area contributed by atoms with Crippen molar-refractivity contribution in [3.8, 4) is 0 Å². The third kappa shape index (κ3) is 4.80. The van der Waals surface area contributed by atoms with E-state index in [4.69, 9.17) is 18.9 Å². The Hall–Kier alpha value is -0.320. The van der Waals surface area contributed by atoms with Crippen molar-refractivity contribution < 1.29 is 34.3 Å². The number of fused-ring (bicyclic) bond motifs is 4. The van der Waals surface area contributed by atoms with Crippen molar-refractivity contribution in [2.45, 2.75) is 162 Å². The highest BCUT2D eigenvalue weighted by molar-refractivity contribution is 5.33. The molecule has 5 aliphatic carbocycles. The Kier molecular flexibility index (Phi) is 8.66. The zero-order valence-electron chi connectivity index (χ0n) is 31.0. The van der Waals surface area contributed by atoms with Crippen LogP contribution in [0.2, 0.25) is 0 Å². The largest absolute Gasteiger partial charge is 0.395 e. The van der Waals surface area contributed by atoms with Gasteiger partial charge in [-0.1, -0.05) is 34.6 Å². The number of aliphatic hydroxyl groups excluding tert-OH is 2. The van der Waals surface area contributed by atoms with Crippen molar-refractivity contribution in [2.24, 2.45) is 50.7 Å². The minimum absolute atomic E-state index is 0.00950. The fourth-order valence-electron chi connectivity index (χ4n) is 14.1. The van der Waals surface area contributed by atoms with Crippen molar-refractivity contribution >= 4 is 0 Å². The Bertz CT molecular complexity index is 1170. The Balaban J connectivity index is 1.12. The third-order valence-corrected chi connectivity index (χ3v) is 16.4. The molecule has 15 atom stereocenters. The molecule has 0 amide bonds. The molecular weight excluding hydrogens is 594 g/mol. The van der Waals surface area contributed by atoms with Gasteiger partial charge in [0, 0.05) is 31.2 Å². The third-order valence-electron chi connectivity index (χ3n) is 16.4. The lowest BCUT2D eigenvalue weighted by atomic mass is 9.41. The molecule has 2 saturated heterocycles. The molecule has 3 N–H and O–H groups in total. The Labute approximate surface area is 284 Å². The van der Waals surface area contributed by atoms with Gasteiger partial charge in [-0.15, -0.1) is 0 Å². The summed E-state index contributed by atoms with van der Waals surface area (Å²) in [5.74, 6) is 1.78. The Morgan fingerprint density at radius 2 is 1.72 bits per heavy atom. The summed E-state index contributed by atoms with van der Waals surface area (Å²) in [5, 5.41) is 33.4. The number of rotatable bonds is 8. The molecule has 2 spiro atoms. The smallest absolute Gasteiger partial charge is 0.170 e. The molecule has 8 nitrogen and oxygen atoms in total. The highest BCUT2D eigenvalue weighted by atomic mass is 16.7. The summed E-state index contributed by atoms with van der Waals surface area (Å²) in [6.45, 7) is 22.9. The van der Waals surface area contributed by atoms with Gasteiger partial charge in [0.2, 0.25) is 0 Å². The van der Waals surface area contributed by atoms with Crippen molar-refractivity contribution in [1.29, 1.82) is 0 Å². The van der Waals surface area contributed by atoms with Crippen LogP contribution in [0.1, 0.15) is 114 Å². The van der Waals surface area contributed by atoms with Crippen molar-refractivity contribution in [3.05, 3.63) is 0 Å². The molecule has 2 heterocycles. The molecule has 0 aromatic rings. The Morgan fingerprint density at radius 3 is 2.40 bits per heavy atom. The first kappa shape index (κ1) is 35.1. The number of morpholine rings is 1. The molecule has 7 fully saturated rings. The number of nitrogens with zero attached hydrogens (tertiary/aromatic N) is 1. The van der Waals surface area contributed by atoms with E-state index >= 15 is 0 Å². The van der Waals surface area contributed by atoms with Gasteiger partial charge in [0.25, 0.3) is 0 Å². The van der Waals surface area contributed by atoms with Crippen molar-refractivity contribution in [3.63, 3.8) is 0 Å². The summed E-state index contributed by atoms with van der Waals surface area (Å²) in [7, 11) is 0. The quantitative estimate of drug-likeness (QED) is 0.318. The van der Waals surface area contributed by atoms with E-state index in [1.54, 1.807) is 0 Å². The van der Waals surface area contributed by atoms with Gasteiger partial charge in [-0.2, -0.15) is 0 Å². The van der Waals surface area contributed by atoms with Gasteiger partial charge < -0.3 is 34.3 Å². The van der Waals surface area contributed by atoms with E-state index in [1.165, 1.54) is 25.7 Å². The standard InChI is InChI=1S/C39H67NO7/c1-10-44-33(35(6,7)43)25-19-23(2)30-31(46-25)32(42)37(9)27-12-11-26-34(4,5)28(47-29-20-40(17-18-45-29)24(3)21-41)13-14-38(26)22-39(27,38)16-15-36(30,37)8/h23-33,41-43H,10-22H2,1-9H3/t23-,24+,25-,26+,27+,28+,29+,30+,31+,32+,33+,36-,37-,38?,39+/m1/s1. The second-order valence-electron chi connectivity index (χ2n) is 19.0. The van der Waals surface area contributed by atoms with Crippen LogP contribution < -0.4 is 0 Å². The van der Waals surface area contributed by atoms with Crippen molar-refractivity contribution in [1.82, 2.24) is 4.90 Å². The average molecular weight is 662 g/mol. The van der Waals surface area contributed by atoms with Gasteiger partial charge in [-0.25, -0.2) is 0 Å². The van der Waals surface area contributed by atoms with Crippen LogP contribution in [0.3, 0.4) is 0 Å². The molecule has 8 heteroatoms. The molecule has 47 heavy (non-hydrogen) atoms. The van der Waals surface area contributed by atoms with Gasteiger partial charge in [0.05, 0.1) is 43.2 Å². The van der Waals surface area contributed by atoms with Crippen LogP contribution in [0.15, 0.2) is 0 Å². The first-order valence-electron chi connectivity index (χ1n) is 19.3. The molecule has 0 aromatic heterocycles. The van der Waals surface area contributed by atoms with Crippen LogP contribution in [-0.4, -0.2) is 102 Å². The topological polar surface area (TPSA) is 101 Å². The second-order valence-corrected chi connectivity index (χ2v) is 19.0. The summed E-state index contributed by atoms with van der Waals surface area (Å²) >= 11 is 0. The molecule has 5 saturated carbocycles. The lowest BCUT2D eigenvalue weighted by molar-refractivity contribution is -0.251. The van der Waals surface area contributed by atoms with Gasteiger partial charge in [-0.05, 0) is 124 Å². The minimum atomic E-state index is -1.02. The molecule has 7 rings (SSSR count). The highest BCUT2D eigenvalue weighted by Crippen LogP contribution is 2.89. The molecule has 0 radical (unpaired) electrons. The molecule has 270 valence electrons. The Morgan fingerprint density at radius 1 is 1.02 bits per heavy atom. The van der Waals surface area contributed by atoms with E-state index in [0.717, 1.165) is 38.8 Å². The maximum Gasteiger partial charge on any atom is 0.170 e. The van der Waals surface area contributed by atoms with E-state index in [2.05, 4.69) is 46.4 Å². The zero-order chi connectivity index (χ0) is 33.9. The number of ether oxygens (including phenoxy) is 4. The fraction of sp³-hybridized carbons (Fsp3) is 1.00. The summed E-state index contributed by atoms with van der Waals surface area (Å²) in [6, 6.07) is 0.120. The monoisotopic (exact) mass is 661 g/mol. The van der Waals surface area contributed by atoms with Crippen molar-refractivity contribution in [2.75, 3.05) is 32.9 Å². The maximum absolute atomic E-state index is 12.6. The lowest BCUT2D eigenvalue weighted by Crippen LogP contribution is -2.60. The summed E-state index contributed by atoms with van der Waals surface area (Å²) < 4.78 is 26.1. The van der Waals surface area contributed by atoms with Crippen LogP contribution in [0.4, 0.5) is 0 Å². The first-order valence-corrected chi connectivity index (χ1v) is 19.3. The average Bonchev–Trinajstić information content (AvgIpc) is 3.65. The summed E-state index contributed by atoms with van der Waals surface area (Å²) in [6.07, 6.45) is 7.71. The van der Waals surface area contributed by atoms with E-state index in [0.29, 0.717) is 47.7 Å². The number of aliphatic hydroxyl groups is 3. The molecule has 0 aromatic carbocycles. The summed E-state index contributed by atoms with van der Waals surface area (Å²) in [5.41, 5.74) is -0.558. The molecule has 2 aliphatic heterocycles. The van der Waals surface area contributed by atoms with Gasteiger partial charge in [0.15, 0.2) is 6.29 Å². The summed E-state index contributed by atoms with van der Waals surface area (Å²) in [4.78, 5) is 2.30. The second kappa shape index (κ2) is 11.6. The SMILES string of the molecule is CCO[C@@H]([C@H]1C[C@@H](C)[C@H]2[C@H](O1)[C@H](O)[C@@]1(C)[C@@H]3CC[C@H]4C(C)(C)[C@@H](O[C@H]5CN([C@@H](C)CO)CCO5)CCC45C[C@@]35CC[C@]21C)C(C)(C)O. The van der Waals surface area contributed by atoms with Crippen LogP contribution in [0, 0.1) is 50.7 Å². The van der Waals surface area contributed by atoms with Gasteiger partial charge >= 0.3 is 0 Å². The van der Waals surface area contributed by atoms with Crippen LogP contribution in [-0.2, 0) is 18.9 Å². The molecule has 1 unspecified atom stereocenters. The molecule has 7 aliphatic rings. The van der Waals surface area contributed by atoms with E-state index < -0.39 is 17.8 Å². The first-order chi connectivity index (χ1) is 22.0. The highest BCUT2D eigenvalue weighted by Gasteiger charge is 2.84. The molecule has 0 bridgehead atoms. The molecular formula is C39H67NO7.